The SMILES string of the molecule is CC(C)C(=O)COCc1ccc(Oc2cccc(C[C@@H](C)C(=O)COCCOc3ccc(-c4ccccc4)nc3)c2)cc1. The Labute approximate surface area is 253 Å². The first kappa shape index (κ1) is 31.6. The van der Waals surface area contributed by atoms with Crippen LogP contribution in [0.25, 0.3) is 11.3 Å². The van der Waals surface area contributed by atoms with Crippen molar-refractivity contribution in [2.45, 2.75) is 33.8 Å². The third kappa shape index (κ3) is 10.5. The quantitative estimate of drug-likeness (QED) is 0.123. The van der Waals surface area contributed by atoms with Crippen molar-refractivity contribution in [2.75, 3.05) is 26.4 Å². The first-order chi connectivity index (χ1) is 20.9. The normalized spacial score (nSPS) is 11.7. The minimum atomic E-state index is -0.201. The van der Waals surface area contributed by atoms with Gasteiger partial charge in [0, 0.05) is 17.4 Å². The number of Topliss-reactive ketones (excluding diaryl/α,β-unsaturated/α-hetero) is 2. The van der Waals surface area contributed by atoms with Gasteiger partial charge in [-0.05, 0) is 53.9 Å². The molecule has 224 valence electrons. The van der Waals surface area contributed by atoms with Crippen LogP contribution >= 0.6 is 0 Å². The molecule has 0 saturated carbocycles. The molecule has 7 nitrogen and oxygen atoms in total. The number of hydrogen-bond acceptors (Lipinski definition) is 7. The first-order valence-electron chi connectivity index (χ1n) is 14.6. The Morgan fingerprint density at radius 3 is 2.16 bits per heavy atom. The van der Waals surface area contributed by atoms with Crippen molar-refractivity contribution in [3.05, 3.63) is 108 Å². The van der Waals surface area contributed by atoms with E-state index in [-0.39, 0.29) is 36.6 Å². The highest BCUT2D eigenvalue weighted by Crippen LogP contribution is 2.24. The van der Waals surface area contributed by atoms with Crippen molar-refractivity contribution in [1.82, 2.24) is 4.98 Å². The summed E-state index contributed by atoms with van der Waals surface area (Å²) in [6, 6.07) is 29.1. The van der Waals surface area contributed by atoms with E-state index in [0.29, 0.717) is 43.5 Å². The molecule has 0 spiro atoms. The van der Waals surface area contributed by atoms with E-state index in [0.717, 1.165) is 22.4 Å². The van der Waals surface area contributed by atoms with Crippen LogP contribution in [-0.2, 0) is 32.1 Å². The van der Waals surface area contributed by atoms with Gasteiger partial charge >= 0.3 is 0 Å². The first-order valence-corrected chi connectivity index (χ1v) is 14.6. The Hall–Kier alpha value is -4.33. The predicted octanol–water partition coefficient (Wildman–Crippen LogP) is 7.13. The molecule has 0 radical (unpaired) electrons. The molecule has 43 heavy (non-hydrogen) atoms. The van der Waals surface area contributed by atoms with Gasteiger partial charge in [-0.25, -0.2) is 0 Å². The Bertz CT molecular complexity index is 1440. The van der Waals surface area contributed by atoms with Gasteiger partial charge in [-0.1, -0.05) is 75.4 Å². The third-order valence-corrected chi connectivity index (χ3v) is 6.85. The van der Waals surface area contributed by atoms with Crippen LogP contribution < -0.4 is 9.47 Å². The van der Waals surface area contributed by atoms with Gasteiger partial charge in [-0.2, -0.15) is 0 Å². The second-order valence-electron chi connectivity index (χ2n) is 10.7. The van der Waals surface area contributed by atoms with Crippen molar-refractivity contribution < 1.29 is 28.5 Å². The highest BCUT2D eigenvalue weighted by molar-refractivity contribution is 5.82. The molecule has 0 unspecified atom stereocenters. The van der Waals surface area contributed by atoms with E-state index in [9.17, 15) is 9.59 Å². The summed E-state index contributed by atoms with van der Waals surface area (Å²) in [6.45, 7) is 6.81. The monoisotopic (exact) mass is 581 g/mol. The molecule has 0 amide bonds. The van der Waals surface area contributed by atoms with E-state index in [1.165, 1.54) is 0 Å². The molecule has 0 aliphatic heterocycles. The van der Waals surface area contributed by atoms with Crippen molar-refractivity contribution in [2.24, 2.45) is 11.8 Å². The average molecular weight is 582 g/mol. The van der Waals surface area contributed by atoms with Gasteiger partial charge in [0.25, 0.3) is 0 Å². The summed E-state index contributed by atoms with van der Waals surface area (Å²) in [6.07, 6.45) is 2.28. The van der Waals surface area contributed by atoms with Gasteiger partial charge in [-0.15, -0.1) is 0 Å². The summed E-state index contributed by atoms with van der Waals surface area (Å²) in [5, 5.41) is 0. The molecule has 0 fully saturated rings. The number of benzene rings is 3. The van der Waals surface area contributed by atoms with Crippen LogP contribution in [0.5, 0.6) is 17.2 Å². The molecule has 0 bridgehead atoms. The average Bonchev–Trinajstić information content (AvgIpc) is 3.02. The molecule has 0 saturated heterocycles. The van der Waals surface area contributed by atoms with E-state index in [1.807, 2.05) is 112 Å². The van der Waals surface area contributed by atoms with Crippen LogP contribution in [0, 0.1) is 11.8 Å². The minimum Gasteiger partial charge on any atom is -0.490 e. The zero-order chi connectivity index (χ0) is 30.4. The second-order valence-corrected chi connectivity index (χ2v) is 10.7. The second kappa shape index (κ2) is 16.3. The molecule has 7 heteroatoms. The lowest BCUT2D eigenvalue weighted by atomic mass is 9.97. The van der Waals surface area contributed by atoms with Crippen molar-refractivity contribution in [3.63, 3.8) is 0 Å². The molecule has 1 heterocycles. The van der Waals surface area contributed by atoms with E-state index < -0.39 is 0 Å². The molecule has 3 aromatic carbocycles. The van der Waals surface area contributed by atoms with Crippen LogP contribution in [0.15, 0.2) is 97.2 Å². The molecule has 0 aliphatic rings. The summed E-state index contributed by atoms with van der Waals surface area (Å²) in [4.78, 5) is 28.8. The third-order valence-electron chi connectivity index (χ3n) is 6.85. The summed E-state index contributed by atoms with van der Waals surface area (Å²) < 4.78 is 22.8. The van der Waals surface area contributed by atoms with Gasteiger partial charge < -0.3 is 18.9 Å². The van der Waals surface area contributed by atoms with Gasteiger partial charge in [0.05, 0.1) is 25.1 Å². The maximum absolute atomic E-state index is 12.7. The Balaban J connectivity index is 1.15. The van der Waals surface area contributed by atoms with E-state index >= 15 is 0 Å². The van der Waals surface area contributed by atoms with Crippen LogP contribution in [0.2, 0.25) is 0 Å². The maximum atomic E-state index is 12.7. The molecule has 0 N–H and O–H groups in total. The van der Waals surface area contributed by atoms with Crippen molar-refractivity contribution in [1.29, 1.82) is 0 Å². The lowest BCUT2D eigenvalue weighted by molar-refractivity contribution is -0.127. The van der Waals surface area contributed by atoms with E-state index in [4.69, 9.17) is 18.9 Å². The Kier molecular flexibility index (Phi) is 12.0. The fourth-order valence-electron chi connectivity index (χ4n) is 4.21. The number of ketones is 2. The molecule has 4 aromatic rings. The van der Waals surface area contributed by atoms with Crippen LogP contribution in [0.3, 0.4) is 0 Å². The molecular weight excluding hydrogens is 542 g/mol. The molecule has 1 aromatic heterocycles. The molecular formula is C36H39NO6. The van der Waals surface area contributed by atoms with E-state index in [1.54, 1.807) is 6.20 Å². The van der Waals surface area contributed by atoms with Gasteiger partial charge in [0.2, 0.25) is 0 Å². The maximum Gasteiger partial charge on any atom is 0.161 e. The number of rotatable bonds is 17. The predicted molar refractivity (Wildman–Crippen MR) is 166 cm³/mol. The minimum absolute atomic E-state index is 0.0280. The van der Waals surface area contributed by atoms with Gasteiger partial charge in [0.1, 0.15) is 37.1 Å². The topological polar surface area (TPSA) is 84.0 Å². The summed E-state index contributed by atoms with van der Waals surface area (Å²) in [5.41, 5.74) is 3.91. The lowest BCUT2D eigenvalue weighted by Gasteiger charge is -2.13. The number of carbonyl (C=O) groups excluding carboxylic acids is 2. The molecule has 4 rings (SSSR count). The summed E-state index contributed by atoms with van der Waals surface area (Å²) >= 11 is 0. The fourth-order valence-corrected chi connectivity index (χ4v) is 4.21. The number of nitrogens with zero attached hydrogens (tertiary/aromatic N) is 1. The standard InChI is InChI=1S/C36H39NO6/c1-26(2)35(38)24-41-23-28-12-14-31(15-13-28)43-32-11-7-8-29(21-32)20-27(3)36(39)25-40-18-19-42-33-16-17-34(37-22-33)30-9-5-4-6-10-30/h4-17,21-22,26-27H,18-20,23-25H2,1-3H3/t27-/m1/s1. The van der Waals surface area contributed by atoms with Crippen LogP contribution in [-0.4, -0.2) is 43.0 Å². The fraction of sp³-hybridized carbons (Fsp3) is 0.306. The summed E-state index contributed by atoms with van der Waals surface area (Å²) in [5.74, 6) is 1.95. The number of ether oxygens (including phenoxy) is 4. The Morgan fingerprint density at radius 1 is 0.698 bits per heavy atom. The summed E-state index contributed by atoms with van der Waals surface area (Å²) in [7, 11) is 0. The lowest BCUT2D eigenvalue weighted by Crippen LogP contribution is -2.21. The number of aromatic nitrogens is 1. The highest BCUT2D eigenvalue weighted by Gasteiger charge is 2.14. The van der Waals surface area contributed by atoms with Crippen molar-refractivity contribution in [3.8, 4) is 28.5 Å². The molecule has 1 atom stereocenters. The number of hydrogen-bond donors (Lipinski definition) is 0. The van der Waals surface area contributed by atoms with Crippen molar-refractivity contribution >= 4 is 11.6 Å². The Morgan fingerprint density at radius 2 is 1.44 bits per heavy atom. The van der Waals surface area contributed by atoms with Crippen LogP contribution in [0.4, 0.5) is 0 Å². The van der Waals surface area contributed by atoms with Gasteiger partial charge in [-0.3, -0.25) is 14.6 Å². The zero-order valence-electron chi connectivity index (χ0n) is 25.0. The highest BCUT2D eigenvalue weighted by atomic mass is 16.5. The largest absolute Gasteiger partial charge is 0.490 e. The molecule has 0 aliphatic carbocycles. The van der Waals surface area contributed by atoms with Gasteiger partial charge in [0.15, 0.2) is 11.6 Å². The van der Waals surface area contributed by atoms with E-state index in [2.05, 4.69) is 4.98 Å². The van der Waals surface area contributed by atoms with Crippen LogP contribution in [0.1, 0.15) is 31.9 Å². The zero-order valence-corrected chi connectivity index (χ0v) is 25.0. The number of pyridine rings is 1. The smallest absolute Gasteiger partial charge is 0.161 e. The number of carbonyl (C=O) groups is 2.